The molecule has 0 aliphatic carbocycles. The molecule has 0 atom stereocenters. The van der Waals surface area contributed by atoms with Crippen molar-refractivity contribution in [3.8, 4) is 0 Å². The van der Waals surface area contributed by atoms with Crippen LogP contribution in [-0.4, -0.2) is 54.4 Å². The molecule has 132 valence electrons. The van der Waals surface area contributed by atoms with Crippen molar-refractivity contribution in [2.24, 2.45) is 4.99 Å². The molecule has 0 radical (unpaired) electrons. The third-order valence-electron chi connectivity index (χ3n) is 4.58. The highest BCUT2D eigenvalue weighted by atomic mass is 16.2. The lowest BCUT2D eigenvalue weighted by Gasteiger charge is -2.36. The fraction of sp³-hybridized carbons (Fsp3) is 0.400. The second-order valence-electron chi connectivity index (χ2n) is 6.34. The number of nitrogens with zero attached hydrogens (tertiary/aromatic N) is 3. The number of hydrogen-bond donors (Lipinski definition) is 1. The minimum absolute atomic E-state index is 0.151. The molecular weight excluding hydrogens is 312 g/mol. The number of nitrogens with one attached hydrogen (secondary N) is 1. The van der Waals surface area contributed by atoms with Gasteiger partial charge in [-0.25, -0.2) is 4.99 Å². The lowest BCUT2D eigenvalue weighted by Crippen LogP contribution is -2.53. The second kappa shape index (κ2) is 8.01. The van der Waals surface area contributed by atoms with Crippen molar-refractivity contribution in [1.82, 2.24) is 15.1 Å². The summed E-state index contributed by atoms with van der Waals surface area (Å²) in [6.45, 7) is 8.37. The van der Waals surface area contributed by atoms with E-state index in [4.69, 9.17) is 4.99 Å². The van der Waals surface area contributed by atoms with E-state index in [0.29, 0.717) is 6.54 Å². The van der Waals surface area contributed by atoms with Gasteiger partial charge >= 0.3 is 0 Å². The molecule has 5 nitrogen and oxygen atoms in total. The fourth-order valence-electron chi connectivity index (χ4n) is 3.16. The Hall–Kier alpha value is -2.56. The highest BCUT2D eigenvalue weighted by Gasteiger charge is 2.20. The smallest absolute Gasteiger partial charge is 0.219 e. The zero-order valence-electron chi connectivity index (χ0n) is 15.0. The predicted molar refractivity (Wildman–Crippen MR) is 103 cm³/mol. The monoisotopic (exact) mass is 338 g/mol. The van der Waals surface area contributed by atoms with Crippen LogP contribution in [0.15, 0.2) is 47.5 Å². The van der Waals surface area contributed by atoms with Crippen molar-refractivity contribution in [3.63, 3.8) is 0 Å². The molecule has 3 rings (SSSR count). The van der Waals surface area contributed by atoms with Crippen LogP contribution in [0.5, 0.6) is 0 Å². The lowest BCUT2D eigenvalue weighted by molar-refractivity contribution is -0.130. The zero-order valence-corrected chi connectivity index (χ0v) is 15.0. The van der Waals surface area contributed by atoms with Crippen molar-refractivity contribution in [2.45, 2.75) is 20.4 Å². The van der Waals surface area contributed by atoms with E-state index >= 15 is 0 Å². The molecule has 0 aromatic heterocycles. The van der Waals surface area contributed by atoms with Gasteiger partial charge in [-0.1, -0.05) is 36.4 Å². The van der Waals surface area contributed by atoms with Crippen LogP contribution in [0.2, 0.25) is 0 Å². The number of hydrogen-bond acceptors (Lipinski definition) is 2. The molecule has 1 amide bonds. The van der Waals surface area contributed by atoms with Crippen LogP contribution < -0.4 is 5.32 Å². The fourth-order valence-corrected chi connectivity index (χ4v) is 3.16. The Morgan fingerprint density at radius 2 is 1.72 bits per heavy atom. The Morgan fingerprint density at radius 3 is 2.40 bits per heavy atom. The van der Waals surface area contributed by atoms with Crippen LogP contribution in [-0.2, 0) is 11.3 Å². The average molecular weight is 338 g/mol. The van der Waals surface area contributed by atoms with E-state index in [-0.39, 0.29) is 5.91 Å². The number of carbonyl (C=O) groups is 1. The zero-order chi connectivity index (χ0) is 17.6. The SMILES string of the molecule is CCNC(=NCc1ccc2ccccc2c1)N1CCN(C(C)=O)CC1. The maximum Gasteiger partial charge on any atom is 0.219 e. The van der Waals surface area contributed by atoms with Gasteiger partial charge in [-0.3, -0.25) is 4.79 Å². The van der Waals surface area contributed by atoms with Gasteiger partial charge in [0.1, 0.15) is 0 Å². The highest BCUT2D eigenvalue weighted by molar-refractivity contribution is 5.83. The normalized spacial score (nSPS) is 15.5. The van der Waals surface area contributed by atoms with Gasteiger partial charge in [-0.2, -0.15) is 0 Å². The summed E-state index contributed by atoms with van der Waals surface area (Å²) in [6, 6.07) is 14.9. The Morgan fingerprint density at radius 1 is 1.04 bits per heavy atom. The summed E-state index contributed by atoms with van der Waals surface area (Å²) in [5.41, 5.74) is 1.21. The van der Waals surface area contributed by atoms with Gasteiger partial charge < -0.3 is 15.1 Å². The first kappa shape index (κ1) is 17.3. The van der Waals surface area contributed by atoms with Crippen molar-refractivity contribution in [1.29, 1.82) is 0 Å². The number of piperazine rings is 1. The van der Waals surface area contributed by atoms with Crippen LogP contribution in [0.1, 0.15) is 19.4 Å². The summed E-state index contributed by atoms with van der Waals surface area (Å²) < 4.78 is 0. The van der Waals surface area contributed by atoms with Gasteiger partial charge in [0.2, 0.25) is 5.91 Å². The molecule has 1 aliphatic rings. The maximum atomic E-state index is 11.5. The van der Waals surface area contributed by atoms with E-state index in [1.165, 1.54) is 16.3 Å². The van der Waals surface area contributed by atoms with Gasteiger partial charge in [0.25, 0.3) is 0 Å². The van der Waals surface area contributed by atoms with E-state index in [9.17, 15) is 4.79 Å². The highest BCUT2D eigenvalue weighted by Crippen LogP contribution is 2.16. The molecule has 0 bridgehead atoms. The standard InChI is InChI=1S/C20H26N4O/c1-3-21-20(24-12-10-23(11-13-24)16(2)25)22-15-17-8-9-18-6-4-5-7-19(18)14-17/h4-9,14H,3,10-13,15H2,1-2H3,(H,21,22). The first-order chi connectivity index (χ1) is 12.2. The van der Waals surface area contributed by atoms with Crippen LogP contribution >= 0.6 is 0 Å². The van der Waals surface area contributed by atoms with Crippen LogP contribution in [0.25, 0.3) is 10.8 Å². The Labute approximate surface area is 149 Å². The molecule has 0 spiro atoms. The second-order valence-corrected chi connectivity index (χ2v) is 6.34. The van der Waals surface area contributed by atoms with Gasteiger partial charge in [-0.05, 0) is 29.3 Å². The first-order valence-corrected chi connectivity index (χ1v) is 8.94. The van der Waals surface area contributed by atoms with Crippen LogP contribution in [0.3, 0.4) is 0 Å². The van der Waals surface area contributed by atoms with E-state index in [1.807, 2.05) is 4.90 Å². The number of fused-ring (bicyclic) bond motifs is 1. The summed E-state index contributed by atoms with van der Waals surface area (Å²) in [4.78, 5) is 20.4. The average Bonchev–Trinajstić information content (AvgIpc) is 2.65. The van der Waals surface area contributed by atoms with E-state index in [2.05, 4.69) is 59.6 Å². The van der Waals surface area contributed by atoms with Gasteiger partial charge in [0.05, 0.1) is 6.54 Å². The van der Waals surface area contributed by atoms with Gasteiger partial charge in [0.15, 0.2) is 5.96 Å². The lowest BCUT2D eigenvalue weighted by atomic mass is 10.1. The molecule has 2 aromatic rings. The summed E-state index contributed by atoms with van der Waals surface area (Å²) in [7, 11) is 0. The van der Waals surface area contributed by atoms with E-state index in [0.717, 1.165) is 38.7 Å². The number of guanidine groups is 1. The minimum atomic E-state index is 0.151. The molecular formula is C20H26N4O. The van der Waals surface area contributed by atoms with E-state index < -0.39 is 0 Å². The Balaban J connectivity index is 1.70. The summed E-state index contributed by atoms with van der Waals surface area (Å²) in [5.74, 6) is 1.08. The predicted octanol–water partition coefficient (Wildman–Crippen LogP) is 2.47. The topological polar surface area (TPSA) is 47.9 Å². The quantitative estimate of drug-likeness (QED) is 0.691. The number of amides is 1. The van der Waals surface area contributed by atoms with Gasteiger partial charge in [-0.15, -0.1) is 0 Å². The maximum absolute atomic E-state index is 11.5. The largest absolute Gasteiger partial charge is 0.357 e. The molecule has 1 N–H and O–H groups in total. The van der Waals surface area contributed by atoms with E-state index in [1.54, 1.807) is 6.92 Å². The number of benzene rings is 2. The molecule has 1 fully saturated rings. The summed E-state index contributed by atoms with van der Waals surface area (Å²) in [5, 5.41) is 5.87. The number of aliphatic imine (C=N–C) groups is 1. The van der Waals surface area contributed by atoms with Crippen molar-refractivity contribution < 1.29 is 4.79 Å². The van der Waals surface area contributed by atoms with Crippen molar-refractivity contribution in [2.75, 3.05) is 32.7 Å². The number of carbonyl (C=O) groups excluding carboxylic acids is 1. The number of rotatable bonds is 3. The van der Waals surface area contributed by atoms with Crippen molar-refractivity contribution in [3.05, 3.63) is 48.0 Å². The Bertz CT molecular complexity index is 763. The van der Waals surface area contributed by atoms with Crippen LogP contribution in [0.4, 0.5) is 0 Å². The molecule has 25 heavy (non-hydrogen) atoms. The third kappa shape index (κ3) is 4.29. The summed E-state index contributed by atoms with van der Waals surface area (Å²) in [6.07, 6.45) is 0. The molecule has 1 heterocycles. The van der Waals surface area contributed by atoms with Crippen molar-refractivity contribution >= 4 is 22.6 Å². The third-order valence-corrected chi connectivity index (χ3v) is 4.58. The molecule has 1 saturated heterocycles. The minimum Gasteiger partial charge on any atom is -0.357 e. The van der Waals surface area contributed by atoms with Gasteiger partial charge in [0, 0.05) is 39.6 Å². The molecule has 0 unspecified atom stereocenters. The van der Waals surface area contributed by atoms with Crippen LogP contribution in [0, 0.1) is 0 Å². The first-order valence-electron chi connectivity index (χ1n) is 8.94. The Kier molecular flexibility index (Phi) is 5.53. The molecule has 1 aliphatic heterocycles. The molecule has 2 aromatic carbocycles. The molecule has 0 saturated carbocycles. The summed E-state index contributed by atoms with van der Waals surface area (Å²) >= 11 is 0. The molecule has 5 heteroatoms.